The molecule has 0 aliphatic heterocycles. The van der Waals surface area contributed by atoms with Crippen LogP contribution in [0, 0.1) is 0 Å². The fraction of sp³-hybridized carbons (Fsp3) is 0. The Labute approximate surface area is 46.4 Å². The highest BCUT2D eigenvalue weighted by atomic mass is 32.1. The second kappa shape index (κ2) is 1.51. The number of thiophene rings is 1. The minimum absolute atomic E-state index is 1.05. The van der Waals surface area contributed by atoms with Gasteiger partial charge >= 0.3 is 0 Å². The van der Waals surface area contributed by atoms with E-state index in [1.807, 2.05) is 11.4 Å². The molecule has 1 aromatic heterocycles. The Morgan fingerprint density at radius 1 is 1.43 bits per heavy atom. The Morgan fingerprint density at radius 3 is 2.29 bits per heavy atom. The second-order valence-corrected chi connectivity index (χ2v) is 2.37. The van der Waals surface area contributed by atoms with Gasteiger partial charge in [0.15, 0.2) is 0 Å². The van der Waals surface area contributed by atoms with Crippen LogP contribution in [0.15, 0.2) is 11.4 Å². The fourth-order valence-corrected chi connectivity index (χ4v) is 0.983. The van der Waals surface area contributed by atoms with Crippen LogP contribution in [0.1, 0.15) is 0 Å². The summed E-state index contributed by atoms with van der Waals surface area (Å²) in [4.78, 5) is 0. The van der Waals surface area contributed by atoms with E-state index in [1.165, 1.54) is 0 Å². The number of hydrogen-bond donors (Lipinski definition) is 0. The van der Waals surface area contributed by atoms with Gasteiger partial charge in [-0.15, -0.1) is 11.3 Å². The molecule has 0 spiro atoms. The molecule has 1 aromatic rings. The first kappa shape index (κ1) is 4.60. The number of hydrogen-bond acceptors (Lipinski definition) is 1. The fourth-order valence-electron chi connectivity index (χ4n) is 0.367. The first-order valence-electron chi connectivity index (χ1n) is 2.02. The molecule has 0 aromatic carbocycles. The van der Waals surface area contributed by atoms with Crippen molar-refractivity contribution in [3.05, 3.63) is 21.2 Å². The minimum Gasteiger partial charge on any atom is -0.144 e. The molecule has 1 rings (SSSR count). The van der Waals surface area contributed by atoms with Gasteiger partial charge in [-0.25, -0.2) is 0 Å². The summed E-state index contributed by atoms with van der Waals surface area (Å²) in [6.45, 7) is 7.46. The van der Waals surface area contributed by atoms with Crippen molar-refractivity contribution in [2.75, 3.05) is 0 Å². The van der Waals surface area contributed by atoms with Crippen LogP contribution in [0.5, 0.6) is 0 Å². The Hall–Kier alpha value is -0.560. The summed E-state index contributed by atoms with van der Waals surface area (Å²) in [6, 6.07) is 1.97. The van der Waals surface area contributed by atoms with Crippen molar-refractivity contribution >= 4 is 24.5 Å². The monoisotopic (exact) mass is 110 g/mol. The van der Waals surface area contributed by atoms with Crippen molar-refractivity contribution in [3.8, 4) is 0 Å². The lowest BCUT2D eigenvalue weighted by molar-refractivity contribution is 1.77. The van der Waals surface area contributed by atoms with Crippen LogP contribution >= 0.6 is 11.3 Å². The standard InChI is InChI=1S/C6H6S/c1-5-3-4-7-6(5)2/h3-4H,1-2H2. The van der Waals surface area contributed by atoms with E-state index in [0.29, 0.717) is 0 Å². The van der Waals surface area contributed by atoms with Crippen molar-refractivity contribution in [1.82, 2.24) is 0 Å². The van der Waals surface area contributed by atoms with Gasteiger partial charge in [0, 0.05) is 4.53 Å². The van der Waals surface area contributed by atoms with E-state index in [2.05, 4.69) is 13.2 Å². The van der Waals surface area contributed by atoms with Crippen LogP contribution in [-0.4, -0.2) is 0 Å². The molecule has 0 saturated heterocycles. The predicted octanol–water partition coefficient (Wildman–Crippen LogP) is 0.569. The number of rotatable bonds is 0. The third kappa shape index (κ3) is 0.722. The Morgan fingerprint density at radius 2 is 2.14 bits per heavy atom. The van der Waals surface area contributed by atoms with Gasteiger partial charge in [0.05, 0.1) is 0 Å². The molecular formula is C6H6S. The van der Waals surface area contributed by atoms with Crippen LogP contribution in [0.25, 0.3) is 13.2 Å². The molecule has 0 saturated carbocycles. The van der Waals surface area contributed by atoms with Crippen LogP contribution in [0.2, 0.25) is 0 Å². The minimum atomic E-state index is 1.05. The second-order valence-electron chi connectivity index (χ2n) is 1.37. The maximum absolute atomic E-state index is 3.74. The Bertz CT molecular complexity index is 208. The maximum atomic E-state index is 3.74. The van der Waals surface area contributed by atoms with Gasteiger partial charge in [0.2, 0.25) is 0 Å². The van der Waals surface area contributed by atoms with E-state index < -0.39 is 0 Å². The van der Waals surface area contributed by atoms with Crippen LogP contribution in [0.4, 0.5) is 0 Å². The molecule has 0 N–H and O–H groups in total. The van der Waals surface area contributed by atoms with E-state index >= 15 is 0 Å². The van der Waals surface area contributed by atoms with Crippen molar-refractivity contribution in [3.63, 3.8) is 0 Å². The van der Waals surface area contributed by atoms with Crippen LogP contribution < -0.4 is 9.75 Å². The zero-order chi connectivity index (χ0) is 5.28. The molecule has 0 aliphatic carbocycles. The summed E-state index contributed by atoms with van der Waals surface area (Å²) in [5.41, 5.74) is 0. The first-order chi connectivity index (χ1) is 3.30. The van der Waals surface area contributed by atoms with Gasteiger partial charge in [0.1, 0.15) is 0 Å². The van der Waals surface area contributed by atoms with E-state index in [4.69, 9.17) is 0 Å². The molecule has 1 heterocycles. The van der Waals surface area contributed by atoms with Crippen LogP contribution in [-0.2, 0) is 0 Å². The lowest BCUT2D eigenvalue weighted by Gasteiger charge is -1.59. The van der Waals surface area contributed by atoms with Gasteiger partial charge in [-0.05, 0) is 16.7 Å². The Kier molecular flexibility index (Phi) is 0.988. The summed E-state index contributed by atoms with van der Waals surface area (Å²) in [5.74, 6) is 0. The lowest BCUT2D eigenvalue weighted by atomic mass is 10.5. The molecule has 0 bridgehead atoms. The summed E-state index contributed by atoms with van der Waals surface area (Å²) < 4.78 is 1.07. The molecule has 0 fully saturated rings. The van der Waals surface area contributed by atoms with E-state index in [1.54, 1.807) is 11.3 Å². The maximum Gasteiger partial charge on any atom is 0.0264 e. The smallest absolute Gasteiger partial charge is 0.0264 e. The van der Waals surface area contributed by atoms with Gasteiger partial charge in [0.25, 0.3) is 0 Å². The zero-order valence-corrected chi connectivity index (χ0v) is 4.79. The van der Waals surface area contributed by atoms with Crippen molar-refractivity contribution in [1.29, 1.82) is 0 Å². The van der Waals surface area contributed by atoms with E-state index in [9.17, 15) is 0 Å². The highest BCUT2D eigenvalue weighted by Gasteiger charge is 1.73. The van der Waals surface area contributed by atoms with Gasteiger partial charge in [-0.3, -0.25) is 0 Å². The molecule has 36 valence electrons. The van der Waals surface area contributed by atoms with E-state index in [0.717, 1.165) is 9.75 Å². The third-order valence-corrected chi connectivity index (χ3v) is 1.66. The molecule has 0 atom stereocenters. The zero-order valence-electron chi connectivity index (χ0n) is 3.98. The summed E-state index contributed by atoms with van der Waals surface area (Å²) >= 11 is 1.63. The lowest BCUT2D eigenvalue weighted by Crippen LogP contribution is -2.11. The third-order valence-electron chi connectivity index (χ3n) is 0.838. The SMILES string of the molecule is C=c1ccsc1=C. The summed E-state index contributed by atoms with van der Waals surface area (Å²) in [7, 11) is 0. The largest absolute Gasteiger partial charge is 0.144 e. The summed E-state index contributed by atoms with van der Waals surface area (Å²) in [6.07, 6.45) is 0. The summed E-state index contributed by atoms with van der Waals surface area (Å²) in [5, 5.41) is 3.04. The molecule has 1 heteroatoms. The molecule has 0 amide bonds. The first-order valence-corrected chi connectivity index (χ1v) is 2.90. The average Bonchev–Trinajstić information content (AvgIpc) is 1.91. The normalized spacial score (nSPS) is 9.14. The molecule has 0 nitrogen and oxygen atoms in total. The van der Waals surface area contributed by atoms with Gasteiger partial charge in [-0.2, -0.15) is 0 Å². The Balaban J connectivity index is 3.71. The van der Waals surface area contributed by atoms with Crippen LogP contribution in [0.3, 0.4) is 0 Å². The van der Waals surface area contributed by atoms with Crippen molar-refractivity contribution in [2.45, 2.75) is 0 Å². The highest BCUT2D eigenvalue weighted by molar-refractivity contribution is 7.07. The van der Waals surface area contributed by atoms with Crippen molar-refractivity contribution < 1.29 is 0 Å². The van der Waals surface area contributed by atoms with Gasteiger partial charge in [-0.1, -0.05) is 13.2 Å². The molecular weight excluding hydrogens is 104 g/mol. The molecule has 0 unspecified atom stereocenters. The average molecular weight is 110 g/mol. The predicted molar refractivity (Wildman–Crippen MR) is 34.6 cm³/mol. The highest BCUT2D eigenvalue weighted by Crippen LogP contribution is 1.75. The molecule has 7 heavy (non-hydrogen) atoms. The molecule has 0 radical (unpaired) electrons. The van der Waals surface area contributed by atoms with Crippen molar-refractivity contribution in [2.24, 2.45) is 0 Å². The van der Waals surface area contributed by atoms with Gasteiger partial charge < -0.3 is 0 Å². The topological polar surface area (TPSA) is 0 Å². The quantitative estimate of drug-likeness (QED) is 0.458. The molecule has 0 aliphatic rings. The van der Waals surface area contributed by atoms with E-state index in [-0.39, 0.29) is 0 Å².